The molecular weight excluding hydrogens is 282 g/mol. The number of ether oxygens (including phenoxy) is 2. The minimum Gasteiger partial charge on any atom is -0.497 e. The van der Waals surface area contributed by atoms with E-state index in [2.05, 4.69) is 0 Å². The van der Waals surface area contributed by atoms with Gasteiger partial charge in [0.1, 0.15) is 11.9 Å². The Kier molecular flexibility index (Phi) is 4.99. The van der Waals surface area contributed by atoms with Crippen LogP contribution in [0.3, 0.4) is 0 Å². The molecule has 0 radical (unpaired) electrons. The molecule has 0 fully saturated rings. The van der Waals surface area contributed by atoms with Gasteiger partial charge in [-0.25, -0.2) is 4.79 Å². The molecule has 0 amide bonds. The molecule has 2 aromatic rings. The van der Waals surface area contributed by atoms with Crippen LogP contribution in [0.5, 0.6) is 5.75 Å². The van der Waals surface area contributed by atoms with E-state index in [-0.39, 0.29) is 17.2 Å². The molecule has 0 aliphatic rings. The first kappa shape index (κ1) is 15.8. The average Bonchev–Trinajstić information content (AvgIpc) is 2.54. The monoisotopic (exact) mass is 301 g/mol. The maximum Gasteiger partial charge on any atom is 0.338 e. The maximum absolute atomic E-state index is 12.2. The van der Waals surface area contributed by atoms with Crippen molar-refractivity contribution < 1.29 is 14.3 Å². The van der Waals surface area contributed by atoms with E-state index in [9.17, 15) is 9.59 Å². The van der Waals surface area contributed by atoms with Gasteiger partial charge in [0.25, 0.3) is 5.56 Å². The number of pyridine rings is 1. The highest BCUT2D eigenvalue weighted by atomic mass is 16.5. The van der Waals surface area contributed by atoms with Crippen LogP contribution >= 0.6 is 0 Å². The molecule has 116 valence electrons. The van der Waals surface area contributed by atoms with Crippen LogP contribution in [0.4, 0.5) is 0 Å². The quantitative estimate of drug-likeness (QED) is 0.797. The van der Waals surface area contributed by atoms with Gasteiger partial charge in [0.05, 0.1) is 12.7 Å². The van der Waals surface area contributed by atoms with E-state index in [1.165, 1.54) is 10.6 Å². The second-order valence-electron chi connectivity index (χ2n) is 4.94. The SMILES string of the molecule is CC[C@H](OC(=O)c1ccn(C)c(=O)c1)c1cccc(OC)c1. The van der Waals surface area contributed by atoms with Gasteiger partial charge in [0, 0.05) is 19.3 Å². The van der Waals surface area contributed by atoms with Crippen molar-refractivity contribution in [2.75, 3.05) is 7.11 Å². The lowest BCUT2D eigenvalue weighted by molar-refractivity contribution is 0.0287. The Morgan fingerprint density at radius 1 is 1.27 bits per heavy atom. The molecule has 0 aliphatic heterocycles. The number of aromatic nitrogens is 1. The van der Waals surface area contributed by atoms with Crippen LogP contribution in [0.25, 0.3) is 0 Å². The highest BCUT2D eigenvalue weighted by Crippen LogP contribution is 2.25. The molecule has 0 bridgehead atoms. The topological polar surface area (TPSA) is 57.5 Å². The fourth-order valence-corrected chi connectivity index (χ4v) is 2.10. The number of esters is 1. The summed E-state index contributed by atoms with van der Waals surface area (Å²) in [6.07, 6.45) is 1.79. The third-order valence-electron chi connectivity index (χ3n) is 3.43. The smallest absolute Gasteiger partial charge is 0.338 e. The Morgan fingerprint density at radius 3 is 2.68 bits per heavy atom. The van der Waals surface area contributed by atoms with Crippen molar-refractivity contribution in [1.82, 2.24) is 4.57 Å². The molecule has 0 saturated heterocycles. The van der Waals surface area contributed by atoms with Crippen molar-refractivity contribution >= 4 is 5.97 Å². The van der Waals surface area contributed by atoms with Gasteiger partial charge in [-0.05, 0) is 30.2 Å². The third kappa shape index (κ3) is 3.55. The first-order valence-corrected chi connectivity index (χ1v) is 7.06. The van der Waals surface area contributed by atoms with Crippen molar-refractivity contribution in [3.8, 4) is 5.75 Å². The molecule has 1 aromatic heterocycles. The molecule has 0 aliphatic carbocycles. The van der Waals surface area contributed by atoms with Crippen LogP contribution in [0.2, 0.25) is 0 Å². The van der Waals surface area contributed by atoms with Crippen LogP contribution in [0, 0.1) is 0 Å². The van der Waals surface area contributed by atoms with Crippen LogP contribution in [-0.2, 0) is 11.8 Å². The van der Waals surface area contributed by atoms with Gasteiger partial charge < -0.3 is 14.0 Å². The van der Waals surface area contributed by atoms with Crippen molar-refractivity contribution in [2.45, 2.75) is 19.4 Å². The number of rotatable bonds is 5. The number of aryl methyl sites for hydroxylation is 1. The van der Waals surface area contributed by atoms with E-state index < -0.39 is 5.97 Å². The van der Waals surface area contributed by atoms with Crippen LogP contribution < -0.4 is 10.3 Å². The van der Waals surface area contributed by atoms with E-state index in [1.54, 1.807) is 26.4 Å². The number of nitrogens with zero attached hydrogens (tertiary/aromatic N) is 1. The molecule has 5 nitrogen and oxygen atoms in total. The Morgan fingerprint density at radius 2 is 2.05 bits per heavy atom. The van der Waals surface area contributed by atoms with Gasteiger partial charge in [0.2, 0.25) is 0 Å². The van der Waals surface area contributed by atoms with Gasteiger partial charge in [0.15, 0.2) is 0 Å². The summed E-state index contributed by atoms with van der Waals surface area (Å²) in [6, 6.07) is 10.3. The summed E-state index contributed by atoms with van der Waals surface area (Å²) in [5.74, 6) is 0.202. The van der Waals surface area contributed by atoms with Crippen molar-refractivity contribution in [3.05, 3.63) is 64.1 Å². The molecule has 2 rings (SSSR count). The Labute approximate surface area is 129 Å². The number of carbonyl (C=O) groups excluding carboxylic acids is 1. The van der Waals surface area contributed by atoms with Crippen LogP contribution in [0.1, 0.15) is 35.4 Å². The second-order valence-corrected chi connectivity index (χ2v) is 4.94. The number of carbonyl (C=O) groups is 1. The number of hydrogen-bond acceptors (Lipinski definition) is 4. The second kappa shape index (κ2) is 6.93. The lowest BCUT2D eigenvalue weighted by atomic mass is 10.1. The Bertz CT molecular complexity index is 721. The van der Waals surface area contributed by atoms with Gasteiger partial charge in [-0.1, -0.05) is 19.1 Å². The van der Waals surface area contributed by atoms with Gasteiger partial charge >= 0.3 is 5.97 Å². The van der Waals surface area contributed by atoms with Crippen molar-refractivity contribution in [3.63, 3.8) is 0 Å². The lowest BCUT2D eigenvalue weighted by Gasteiger charge is -2.17. The largest absolute Gasteiger partial charge is 0.497 e. The fraction of sp³-hybridized carbons (Fsp3) is 0.294. The standard InChI is InChI=1S/C17H19NO4/c1-4-15(12-6-5-7-14(10-12)21-3)22-17(20)13-8-9-18(2)16(19)11-13/h5-11,15H,4H2,1-3H3/t15-/m0/s1. The van der Waals surface area contributed by atoms with Gasteiger partial charge in [-0.3, -0.25) is 4.79 Å². The number of hydrogen-bond donors (Lipinski definition) is 0. The zero-order valence-electron chi connectivity index (χ0n) is 12.9. The van der Waals surface area contributed by atoms with E-state index >= 15 is 0 Å². The van der Waals surface area contributed by atoms with Gasteiger partial charge in [-0.15, -0.1) is 0 Å². The first-order chi connectivity index (χ1) is 10.5. The highest BCUT2D eigenvalue weighted by molar-refractivity contribution is 5.89. The number of benzene rings is 1. The summed E-state index contributed by atoms with van der Waals surface area (Å²) in [6.45, 7) is 1.93. The Hall–Kier alpha value is -2.56. The minimum atomic E-state index is -0.507. The normalized spacial score (nSPS) is 11.8. The number of methoxy groups -OCH3 is 1. The molecule has 0 N–H and O–H groups in total. The van der Waals surface area contributed by atoms with Crippen LogP contribution in [-0.4, -0.2) is 17.6 Å². The molecule has 1 heterocycles. The highest BCUT2D eigenvalue weighted by Gasteiger charge is 2.17. The summed E-state index contributed by atoms with van der Waals surface area (Å²) >= 11 is 0. The lowest BCUT2D eigenvalue weighted by Crippen LogP contribution is -2.18. The van der Waals surface area contributed by atoms with E-state index in [4.69, 9.17) is 9.47 Å². The third-order valence-corrected chi connectivity index (χ3v) is 3.43. The summed E-state index contributed by atoms with van der Waals surface area (Å²) in [5.41, 5.74) is 0.868. The molecular formula is C17H19NO4. The first-order valence-electron chi connectivity index (χ1n) is 7.06. The summed E-state index contributed by atoms with van der Waals surface area (Å²) in [7, 11) is 3.22. The summed E-state index contributed by atoms with van der Waals surface area (Å²) in [5, 5.41) is 0. The van der Waals surface area contributed by atoms with E-state index in [0.717, 1.165) is 5.56 Å². The molecule has 22 heavy (non-hydrogen) atoms. The summed E-state index contributed by atoms with van der Waals surface area (Å²) in [4.78, 5) is 23.8. The average molecular weight is 301 g/mol. The fourth-order valence-electron chi connectivity index (χ4n) is 2.10. The minimum absolute atomic E-state index is 0.246. The van der Waals surface area contributed by atoms with E-state index in [0.29, 0.717) is 12.2 Å². The summed E-state index contributed by atoms with van der Waals surface area (Å²) < 4.78 is 12.1. The predicted molar refractivity (Wildman–Crippen MR) is 83.1 cm³/mol. The molecule has 5 heteroatoms. The molecule has 0 saturated carbocycles. The predicted octanol–water partition coefficient (Wildman–Crippen LogP) is 2.70. The maximum atomic E-state index is 12.2. The van der Waals surface area contributed by atoms with Crippen LogP contribution in [0.15, 0.2) is 47.4 Å². The molecule has 0 spiro atoms. The van der Waals surface area contributed by atoms with E-state index in [1.807, 2.05) is 31.2 Å². The van der Waals surface area contributed by atoms with Crippen molar-refractivity contribution in [1.29, 1.82) is 0 Å². The molecule has 0 unspecified atom stereocenters. The van der Waals surface area contributed by atoms with Crippen molar-refractivity contribution in [2.24, 2.45) is 7.05 Å². The zero-order valence-corrected chi connectivity index (χ0v) is 12.9. The Balaban J connectivity index is 2.20. The molecule has 1 aromatic carbocycles. The molecule has 1 atom stereocenters. The zero-order chi connectivity index (χ0) is 16.1. The van der Waals surface area contributed by atoms with Gasteiger partial charge in [-0.2, -0.15) is 0 Å².